The molecule has 7 heteroatoms. The number of rotatable bonds is 5. The third-order valence-electron chi connectivity index (χ3n) is 9.41. The van der Waals surface area contributed by atoms with Crippen molar-refractivity contribution in [3.8, 4) is 11.5 Å². The summed E-state index contributed by atoms with van der Waals surface area (Å²) in [6.07, 6.45) is 5.54. The summed E-state index contributed by atoms with van der Waals surface area (Å²) in [4.78, 5) is 25.7. The van der Waals surface area contributed by atoms with Gasteiger partial charge in [-0.2, -0.15) is 0 Å². The molecule has 1 saturated heterocycles. The summed E-state index contributed by atoms with van der Waals surface area (Å²) in [5, 5.41) is 19.6. The first-order valence-corrected chi connectivity index (χ1v) is 14.1. The molecule has 2 N–H and O–H groups in total. The number of methoxy groups -OCH3 is 1. The van der Waals surface area contributed by atoms with Crippen LogP contribution in [0.3, 0.4) is 0 Å². The quantitative estimate of drug-likeness (QED) is 0.352. The van der Waals surface area contributed by atoms with Crippen LogP contribution < -0.4 is 9.47 Å². The number of carbonyl (C=O) groups is 2. The molecule has 2 bridgehead atoms. The Kier molecular flexibility index (Phi) is 6.96. The van der Waals surface area contributed by atoms with Crippen LogP contribution in [0.25, 0.3) is 0 Å². The number of ketones is 1. The van der Waals surface area contributed by atoms with E-state index in [0.717, 1.165) is 30.9 Å². The van der Waals surface area contributed by atoms with E-state index in [2.05, 4.69) is 24.1 Å². The van der Waals surface area contributed by atoms with Crippen LogP contribution >= 0.6 is 0 Å². The highest BCUT2D eigenvalue weighted by atomic mass is 16.5. The molecule has 4 aliphatic rings. The highest BCUT2D eigenvalue weighted by molar-refractivity contribution is 6.09. The van der Waals surface area contributed by atoms with E-state index in [9.17, 15) is 14.7 Å². The van der Waals surface area contributed by atoms with Gasteiger partial charge in [0.15, 0.2) is 17.3 Å². The van der Waals surface area contributed by atoms with Crippen LogP contribution in [-0.2, 0) is 16.6 Å². The molecule has 212 valence electrons. The third-order valence-corrected chi connectivity index (χ3v) is 9.41. The zero-order valence-corrected chi connectivity index (χ0v) is 23.5. The molecule has 1 unspecified atom stereocenters. The van der Waals surface area contributed by atoms with E-state index in [1.54, 1.807) is 62.6 Å². The van der Waals surface area contributed by atoms with Crippen molar-refractivity contribution in [3.63, 3.8) is 0 Å². The smallest absolute Gasteiger partial charge is 0.310 e. The molecule has 1 fully saturated rings. The summed E-state index contributed by atoms with van der Waals surface area (Å²) in [7, 11) is 3.91. The molecular weight excluding hydrogens is 518 g/mol. The fourth-order valence-corrected chi connectivity index (χ4v) is 7.24. The summed E-state index contributed by atoms with van der Waals surface area (Å²) in [6, 6.07) is 20.4. The standard InChI is InChI=1S/C18H21NO3.C16H14O3/c1-19-8-7-18-11-4-5-13(20)17(18)22-16-14(21-2)6-3-10(15(16)18)9-12(11)19;1-11(16(18)19)13-8-5-9-14(10-13)15(17)12-6-3-2-4-7-12/h3-6,11-13,17,20H,7-9H2,1-2H3;2-11H,1H3,(H,18,19)/t11-,12+,13-,17-,18-;/m0./s1. The summed E-state index contributed by atoms with van der Waals surface area (Å²) in [6.45, 7) is 2.66. The molecule has 2 aliphatic heterocycles. The van der Waals surface area contributed by atoms with Crippen molar-refractivity contribution in [1.29, 1.82) is 0 Å². The van der Waals surface area contributed by atoms with Crippen LogP contribution in [0.1, 0.15) is 51.9 Å². The Labute approximate surface area is 240 Å². The molecular formula is C34H35NO6. The molecule has 0 radical (unpaired) electrons. The topological polar surface area (TPSA) is 96.3 Å². The second-order valence-electron chi connectivity index (χ2n) is 11.5. The molecule has 2 heterocycles. The number of hydrogen-bond acceptors (Lipinski definition) is 6. The maximum absolute atomic E-state index is 12.2. The van der Waals surface area contributed by atoms with Gasteiger partial charge in [0.05, 0.1) is 13.0 Å². The average Bonchev–Trinajstić information content (AvgIpc) is 3.36. The van der Waals surface area contributed by atoms with Crippen LogP contribution in [0, 0.1) is 5.92 Å². The van der Waals surface area contributed by atoms with Gasteiger partial charge in [-0.3, -0.25) is 9.59 Å². The van der Waals surface area contributed by atoms with Crippen LogP contribution in [0.5, 0.6) is 11.5 Å². The maximum Gasteiger partial charge on any atom is 0.310 e. The lowest BCUT2D eigenvalue weighted by Crippen LogP contribution is -2.64. The second-order valence-corrected chi connectivity index (χ2v) is 11.5. The lowest BCUT2D eigenvalue weighted by Gasteiger charge is -2.56. The van der Waals surface area contributed by atoms with Crippen molar-refractivity contribution >= 4 is 11.8 Å². The molecule has 0 amide bonds. The van der Waals surface area contributed by atoms with E-state index in [1.807, 2.05) is 18.2 Å². The van der Waals surface area contributed by atoms with Gasteiger partial charge in [-0.15, -0.1) is 0 Å². The molecule has 1 spiro atoms. The number of aliphatic hydroxyl groups is 1. The average molecular weight is 554 g/mol. The molecule has 3 aromatic carbocycles. The monoisotopic (exact) mass is 553 g/mol. The van der Waals surface area contributed by atoms with Gasteiger partial charge in [-0.25, -0.2) is 0 Å². The van der Waals surface area contributed by atoms with E-state index in [-0.39, 0.29) is 17.3 Å². The Morgan fingerprint density at radius 3 is 2.54 bits per heavy atom. The summed E-state index contributed by atoms with van der Waals surface area (Å²) >= 11 is 0. The lowest BCUT2D eigenvalue weighted by atomic mass is 9.53. The first-order chi connectivity index (χ1) is 19.8. The highest BCUT2D eigenvalue weighted by Crippen LogP contribution is 2.62. The van der Waals surface area contributed by atoms with Gasteiger partial charge in [0.2, 0.25) is 0 Å². The van der Waals surface area contributed by atoms with Gasteiger partial charge in [0.25, 0.3) is 0 Å². The van der Waals surface area contributed by atoms with E-state index < -0.39 is 18.0 Å². The minimum absolute atomic E-state index is 0.0806. The zero-order valence-electron chi connectivity index (χ0n) is 23.5. The van der Waals surface area contributed by atoms with Crippen molar-refractivity contribution in [3.05, 3.63) is 107 Å². The largest absolute Gasteiger partial charge is 0.493 e. The molecule has 0 aromatic heterocycles. The number of benzene rings is 3. The number of carboxylic acid groups (broad SMARTS) is 1. The molecule has 41 heavy (non-hydrogen) atoms. The Morgan fingerprint density at radius 1 is 1.05 bits per heavy atom. The Balaban J connectivity index is 0.000000150. The Hall–Kier alpha value is -3.94. The van der Waals surface area contributed by atoms with Gasteiger partial charge in [-0.05, 0) is 56.6 Å². The van der Waals surface area contributed by atoms with Crippen LogP contribution in [0.2, 0.25) is 0 Å². The number of carboxylic acids is 1. The SMILES string of the molecule is CC(C(=O)O)c1cccc(C(=O)c2ccccc2)c1.COc1ccc2c3c1O[C@H]1[C@@H](O)C=C[C@H]4[C@@H](C2)N(C)CC[C@@]341. The van der Waals surface area contributed by atoms with E-state index >= 15 is 0 Å². The number of likely N-dealkylation sites (tertiary alicyclic amines) is 1. The third kappa shape index (κ3) is 4.35. The summed E-state index contributed by atoms with van der Waals surface area (Å²) in [5.74, 6) is 0.472. The van der Waals surface area contributed by atoms with Crippen LogP contribution in [-0.4, -0.2) is 65.8 Å². The number of nitrogens with zero attached hydrogens (tertiary/aromatic N) is 1. The van der Waals surface area contributed by atoms with Gasteiger partial charge < -0.3 is 24.6 Å². The second kappa shape index (κ2) is 10.5. The Morgan fingerprint density at radius 2 is 1.80 bits per heavy atom. The normalized spacial score (nSPS) is 27.5. The van der Waals surface area contributed by atoms with E-state index in [1.165, 1.54) is 11.1 Å². The highest BCUT2D eigenvalue weighted by Gasteiger charge is 2.64. The van der Waals surface area contributed by atoms with E-state index in [4.69, 9.17) is 14.6 Å². The maximum atomic E-state index is 12.2. The minimum Gasteiger partial charge on any atom is -0.493 e. The summed E-state index contributed by atoms with van der Waals surface area (Å²) < 4.78 is 11.8. The predicted octanol–water partition coefficient (Wildman–Crippen LogP) is 4.61. The van der Waals surface area contributed by atoms with Crippen molar-refractivity contribution in [2.24, 2.45) is 5.92 Å². The molecule has 2 aliphatic carbocycles. The van der Waals surface area contributed by atoms with Gasteiger partial charge in [0.1, 0.15) is 12.2 Å². The number of carbonyl (C=O) groups excluding carboxylic acids is 1. The molecule has 7 rings (SSSR count). The molecule has 3 aromatic rings. The number of likely N-dealkylation sites (N-methyl/N-ethyl adjacent to an activating group) is 1. The number of hydrogen-bond donors (Lipinski definition) is 2. The number of aliphatic hydroxyl groups excluding tert-OH is 1. The fourth-order valence-electron chi connectivity index (χ4n) is 7.24. The molecule has 7 nitrogen and oxygen atoms in total. The van der Waals surface area contributed by atoms with Crippen LogP contribution in [0.15, 0.2) is 78.9 Å². The number of piperidine rings is 1. The van der Waals surface area contributed by atoms with Gasteiger partial charge in [-0.1, -0.05) is 66.7 Å². The van der Waals surface area contributed by atoms with Crippen molar-refractivity contribution in [1.82, 2.24) is 4.90 Å². The molecule has 0 saturated carbocycles. The van der Waals surface area contributed by atoms with E-state index in [0.29, 0.717) is 28.7 Å². The first kappa shape index (κ1) is 27.2. The van der Waals surface area contributed by atoms with Crippen molar-refractivity contribution < 1.29 is 29.3 Å². The van der Waals surface area contributed by atoms with Crippen LogP contribution in [0.4, 0.5) is 0 Å². The van der Waals surface area contributed by atoms with Crippen molar-refractivity contribution in [2.45, 2.75) is 49.3 Å². The first-order valence-electron chi connectivity index (χ1n) is 14.1. The number of aliphatic carboxylic acids is 1. The Bertz CT molecular complexity index is 1520. The molecule has 6 atom stereocenters. The minimum atomic E-state index is -0.899. The van der Waals surface area contributed by atoms with Crippen molar-refractivity contribution in [2.75, 3.05) is 20.7 Å². The predicted molar refractivity (Wildman–Crippen MR) is 155 cm³/mol. The van der Waals surface area contributed by atoms with Gasteiger partial charge in [0, 0.05) is 34.1 Å². The fraction of sp³-hybridized carbons (Fsp3) is 0.353. The summed E-state index contributed by atoms with van der Waals surface area (Å²) in [5.41, 5.74) is 4.35. The zero-order chi connectivity index (χ0) is 28.9. The number of ether oxygens (including phenoxy) is 2. The van der Waals surface area contributed by atoms with Gasteiger partial charge >= 0.3 is 5.97 Å². The lowest BCUT2D eigenvalue weighted by molar-refractivity contribution is -0.138.